The van der Waals surface area contributed by atoms with Crippen LogP contribution in [0.2, 0.25) is 0 Å². The summed E-state index contributed by atoms with van der Waals surface area (Å²) in [5.74, 6) is -5.09. The lowest BCUT2D eigenvalue weighted by molar-refractivity contribution is -0.698. The molecule has 13 nitrogen and oxygen atoms in total. The zero-order valence-corrected chi connectivity index (χ0v) is 20.6. The number of hydrogen-bond acceptors (Lipinski definition) is 8. The number of aromatic nitrogens is 1. The molecule has 37 heavy (non-hydrogen) atoms. The molecule has 208 valence electrons. The molecule has 4 atom stereocenters. The molecule has 0 aromatic carbocycles. The van der Waals surface area contributed by atoms with Crippen molar-refractivity contribution in [3.05, 3.63) is 29.0 Å². The van der Waals surface area contributed by atoms with Gasteiger partial charge in [-0.15, -0.1) is 0 Å². The molecular weight excluding hydrogens is 486 g/mol. The van der Waals surface area contributed by atoms with Gasteiger partial charge in [-0.1, -0.05) is 0 Å². The lowest BCUT2D eigenvalue weighted by Gasteiger charge is -2.16. The summed E-state index contributed by atoms with van der Waals surface area (Å²) >= 11 is 0. The molecule has 0 unspecified atom stereocenters. The summed E-state index contributed by atoms with van der Waals surface area (Å²) in [5, 5.41) is 36.6. The van der Waals surface area contributed by atoms with Crippen molar-refractivity contribution >= 4 is 23.9 Å². The Balaban J connectivity index is 3.71. The first-order chi connectivity index (χ1) is 18.9. The van der Waals surface area contributed by atoms with Crippen LogP contribution in [-0.4, -0.2) is 68.5 Å². The van der Waals surface area contributed by atoms with Gasteiger partial charge in [0, 0.05) is 17.5 Å². The third-order valence-electron chi connectivity index (χ3n) is 5.81. The first-order valence-electron chi connectivity index (χ1n) is 13.9. The molecule has 0 aliphatic rings. The SMILES string of the molecule is [2H]c1c(CC[C@@H](N)C(=O)O)c(CCC[C@@H](N)C(=O)O)c(CC[C@H](N)C(=O)O)c([2H])[n+]1C([2H])([2H])CCC[C@H](N)C(=O)O. The molecule has 12 N–H and O–H groups in total. The van der Waals surface area contributed by atoms with E-state index in [0.29, 0.717) is 5.56 Å². The van der Waals surface area contributed by atoms with Crippen molar-refractivity contribution in [1.29, 1.82) is 0 Å². The van der Waals surface area contributed by atoms with Gasteiger partial charge >= 0.3 is 23.9 Å². The zero-order chi connectivity index (χ0) is 31.7. The fraction of sp³-hybridized carbons (Fsp3) is 0.625. The second-order valence-corrected chi connectivity index (χ2v) is 8.79. The molecule has 0 aliphatic heterocycles. The number of pyridine rings is 1. The molecule has 0 aliphatic carbocycles. The number of hydrogen-bond donors (Lipinski definition) is 8. The second kappa shape index (κ2) is 15.9. The van der Waals surface area contributed by atoms with Crippen LogP contribution in [0.15, 0.2) is 12.3 Å². The minimum absolute atomic E-state index is 0.000379. The highest BCUT2D eigenvalue weighted by Gasteiger charge is 2.22. The summed E-state index contributed by atoms with van der Waals surface area (Å²) in [5.41, 5.74) is 23.2. The van der Waals surface area contributed by atoms with Crippen molar-refractivity contribution < 1.29 is 49.7 Å². The van der Waals surface area contributed by atoms with Gasteiger partial charge in [-0.3, -0.25) is 19.2 Å². The first-order valence-corrected chi connectivity index (χ1v) is 11.9. The minimum Gasteiger partial charge on any atom is -0.480 e. The molecule has 1 rings (SSSR count). The number of carboxylic acids is 4. The maximum atomic E-state index is 11.4. The summed E-state index contributed by atoms with van der Waals surface area (Å²) in [6.07, 6.45) is -1.47. The summed E-state index contributed by atoms with van der Waals surface area (Å²) in [4.78, 5) is 44.9. The molecule has 1 aromatic heterocycles. The van der Waals surface area contributed by atoms with Gasteiger partial charge < -0.3 is 43.4 Å². The fourth-order valence-corrected chi connectivity index (χ4v) is 3.51. The van der Waals surface area contributed by atoms with Gasteiger partial charge in [-0.25, -0.2) is 4.57 Å². The van der Waals surface area contributed by atoms with Gasteiger partial charge in [-0.05, 0) is 63.4 Å². The van der Waals surface area contributed by atoms with E-state index in [4.69, 9.17) is 38.6 Å². The van der Waals surface area contributed by atoms with E-state index in [2.05, 4.69) is 0 Å². The maximum absolute atomic E-state index is 11.4. The Labute approximate surface area is 221 Å². The second-order valence-electron chi connectivity index (χ2n) is 8.79. The number of carbonyl (C=O) groups is 4. The summed E-state index contributed by atoms with van der Waals surface area (Å²) in [6.45, 7) is -2.39. The Morgan fingerprint density at radius 3 is 1.46 bits per heavy atom. The monoisotopic (exact) mass is 530 g/mol. The molecule has 1 heterocycles. The average Bonchev–Trinajstić information content (AvgIpc) is 2.86. The molecule has 0 fully saturated rings. The molecule has 1 aromatic rings. The number of aliphatic carboxylic acids is 4. The molecule has 0 amide bonds. The number of nitrogens with zero attached hydrogens (tertiary/aromatic N) is 1. The first kappa shape index (κ1) is 25.5. The normalized spacial score (nSPS) is 16.4. The van der Waals surface area contributed by atoms with Crippen LogP contribution >= 0.6 is 0 Å². The van der Waals surface area contributed by atoms with Gasteiger partial charge in [0.05, 0.1) is 0 Å². The largest absolute Gasteiger partial charge is 0.480 e. The highest BCUT2D eigenvalue weighted by molar-refractivity contribution is 5.74. The Morgan fingerprint density at radius 1 is 0.676 bits per heavy atom. The third kappa shape index (κ3) is 11.6. The van der Waals surface area contributed by atoms with Crippen molar-refractivity contribution in [3.63, 3.8) is 0 Å². The zero-order valence-electron chi connectivity index (χ0n) is 24.6. The molecule has 13 heteroatoms. The van der Waals surface area contributed by atoms with Crippen LogP contribution in [0, 0.1) is 0 Å². The third-order valence-corrected chi connectivity index (χ3v) is 5.81. The van der Waals surface area contributed by atoms with Gasteiger partial charge in [0.1, 0.15) is 36.1 Å². The standard InChI is InChI=1S/C24H39N5O8/c25-17(21(30)31)5-1-2-11-29-12-14(7-9-19(27)23(34)35)16(4-3-6-18(26)22(32)33)15(13-29)8-10-20(28)24(36)37/h12-13,17-20H,1-11,25-28H2,(H3-,30,31,32,33,34,35,36,37)/p+1/t17-,18+,19-,20+/m0/s1/i11D2,12D,13D. The van der Waals surface area contributed by atoms with E-state index >= 15 is 0 Å². The number of nitrogens with two attached hydrogens (primary N) is 4. The van der Waals surface area contributed by atoms with Gasteiger partial charge in [0.2, 0.25) is 0 Å². The minimum atomic E-state index is -2.39. The van der Waals surface area contributed by atoms with E-state index in [1.165, 1.54) is 0 Å². The lowest BCUT2D eigenvalue weighted by Crippen LogP contribution is -2.37. The molecule has 0 bridgehead atoms. The van der Waals surface area contributed by atoms with Crippen LogP contribution in [0.5, 0.6) is 0 Å². The van der Waals surface area contributed by atoms with E-state index < -0.39 is 66.9 Å². The van der Waals surface area contributed by atoms with Gasteiger partial charge in [-0.2, -0.15) is 0 Å². The smallest absolute Gasteiger partial charge is 0.320 e. The van der Waals surface area contributed by atoms with E-state index in [1.807, 2.05) is 0 Å². The lowest BCUT2D eigenvalue weighted by atomic mass is 9.91. The predicted octanol–water partition coefficient (Wildman–Crippen LogP) is -1.02. The summed E-state index contributed by atoms with van der Waals surface area (Å²) in [6, 6.07) is -5.05. The van der Waals surface area contributed by atoms with Crippen molar-refractivity contribution in [3.8, 4) is 0 Å². The number of carboxylic acid groups (broad SMARTS) is 4. The molecule has 0 saturated carbocycles. The molecular formula is C24H40N5O8+. The van der Waals surface area contributed by atoms with E-state index in [9.17, 15) is 29.4 Å². The van der Waals surface area contributed by atoms with Gasteiger partial charge in [0.15, 0.2) is 12.3 Å². The maximum Gasteiger partial charge on any atom is 0.320 e. The van der Waals surface area contributed by atoms with E-state index in [-0.39, 0.29) is 75.3 Å². The van der Waals surface area contributed by atoms with E-state index in [0.717, 1.165) is 4.57 Å². The van der Waals surface area contributed by atoms with Crippen LogP contribution in [0.1, 0.15) is 67.1 Å². The number of rotatable bonds is 19. The van der Waals surface area contributed by atoms with Crippen molar-refractivity contribution in [2.75, 3.05) is 0 Å². The molecule has 0 spiro atoms. The Bertz CT molecular complexity index is 1070. The van der Waals surface area contributed by atoms with Crippen molar-refractivity contribution in [2.45, 2.75) is 94.9 Å². The molecule has 0 saturated heterocycles. The van der Waals surface area contributed by atoms with Crippen molar-refractivity contribution in [1.82, 2.24) is 0 Å². The Morgan fingerprint density at radius 2 is 1.05 bits per heavy atom. The van der Waals surface area contributed by atoms with Crippen LogP contribution in [0.3, 0.4) is 0 Å². The van der Waals surface area contributed by atoms with Crippen LogP contribution in [0.4, 0.5) is 0 Å². The topological polar surface area (TPSA) is 257 Å². The molecule has 0 radical (unpaired) electrons. The van der Waals surface area contributed by atoms with Crippen LogP contribution < -0.4 is 27.5 Å². The fourth-order valence-electron chi connectivity index (χ4n) is 3.51. The quantitative estimate of drug-likeness (QED) is 0.0999. The predicted molar refractivity (Wildman–Crippen MR) is 133 cm³/mol. The van der Waals surface area contributed by atoms with Gasteiger partial charge in [0.25, 0.3) is 0 Å². The average molecular weight is 531 g/mol. The summed E-state index contributed by atoms with van der Waals surface area (Å²) < 4.78 is 35.8. The van der Waals surface area contributed by atoms with Crippen LogP contribution in [0.25, 0.3) is 0 Å². The Kier molecular flexibility index (Phi) is 10.9. The van der Waals surface area contributed by atoms with E-state index in [1.54, 1.807) is 0 Å². The van der Waals surface area contributed by atoms with Crippen molar-refractivity contribution in [2.24, 2.45) is 22.9 Å². The van der Waals surface area contributed by atoms with Crippen LogP contribution in [-0.2, 0) is 44.9 Å². The Hall–Kier alpha value is -3.13. The highest BCUT2D eigenvalue weighted by atomic mass is 16.4. The summed E-state index contributed by atoms with van der Waals surface area (Å²) in [7, 11) is 0. The highest BCUT2D eigenvalue weighted by Crippen LogP contribution is 2.21.